The molecule has 0 saturated heterocycles. The number of anilines is 2. The van der Waals surface area contributed by atoms with Crippen molar-refractivity contribution in [1.29, 1.82) is 0 Å². The molecule has 2 amide bonds. The topological polar surface area (TPSA) is 58.6 Å². The maximum absolute atomic E-state index is 13.1. The third kappa shape index (κ3) is 3.85. The molecule has 0 fully saturated rings. The van der Waals surface area contributed by atoms with Crippen molar-refractivity contribution in [2.45, 2.75) is 27.3 Å². The van der Waals surface area contributed by atoms with E-state index in [1.165, 1.54) is 12.1 Å². The predicted molar refractivity (Wildman–Crippen MR) is 97.6 cm³/mol. The van der Waals surface area contributed by atoms with Crippen LogP contribution < -0.4 is 15.0 Å². The van der Waals surface area contributed by atoms with Crippen LogP contribution in [0.1, 0.15) is 26.3 Å². The molecule has 1 N–H and O–H groups in total. The molecule has 2 aromatic rings. The summed E-state index contributed by atoms with van der Waals surface area (Å²) >= 11 is 0. The number of ether oxygens (including phenoxy) is 1. The Balaban J connectivity index is 1.89. The summed E-state index contributed by atoms with van der Waals surface area (Å²) in [6.45, 7) is 5.73. The number of carbonyl (C=O) groups is 2. The molecule has 5 nitrogen and oxygen atoms in total. The molecule has 0 aromatic heterocycles. The van der Waals surface area contributed by atoms with Crippen LogP contribution in [-0.2, 0) is 16.1 Å². The number of fused-ring (bicyclic) bond motifs is 1. The number of hydrogen-bond acceptors (Lipinski definition) is 3. The van der Waals surface area contributed by atoms with Gasteiger partial charge in [0.25, 0.3) is 5.91 Å². The molecule has 0 radical (unpaired) electrons. The van der Waals surface area contributed by atoms with E-state index in [-0.39, 0.29) is 24.2 Å². The highest BCUT2D eigenvalue weighted by atomic mass is 19.1. The van der Waals surface area contributed by atoms with E-state index in [2.05, 4.69) is 5.32 Å². The third-order valence-corrected chi connectivity index (χ3v) is 4.09. The Morgan fingerprint density at radius 3 is 2.54 bits per heavy atom. The van der Waals surface area contributed by atoms with Crippen LogP contribution in [0.4, 0.5) is 15.8 Å². The first-order valence-corrected chi connectivity index (χ1v) is 8.37. The fourth-order valence-corrected chi connectivity index (χ4v) is 2.54. The monoisotopic (exact) mass is 356 g/mol. The molecule has 1 aliphatic heterocycles. The maximum atomic E-state index is 13.1. The lowest BCUT2D eigenvalue weighted by Gasteiger charge is -2.30. The second-order valence-electron chi connectivity index (χ2n) is 7.28. The minimum absolute atomic E-state index is 0.0537. The molecule has 0 spiro atoms. The van der Waals surface area contributed by atoms with Gasteiger partial charge >= 0.3 is 0 Å². The van der Waals surface area contributed by atoms with Gasteiger partial charge in [-0.1, -0.05) is 32.9 Å². The summed E-state index contributed by atoms with van der Waals surface area (Å²) in [5.41, 5.74) is 1.44. The highest BCUT2D eigenvalue weighted by Gasteiger charge is 2.27. The Bertz CT molecular complexity index is 841. The average Bonchev–Trinajstić information content (AvgIpc) is 2.58. The SMILES string of the molecule is CC(C)(C)C(=O)Nc1ccc2c(c1)N(Cc1ccc(F)cc1)C(=O)CO2. The minimum Gasteiger partial charge on any atom is -0.482 e. The van der Waals surface area contributed by atoms with Crippen molar-refractivity contribution in [1.82, 2.24) is 0 Å². The van der Waals surface area contributed by atoms with Crippen molar-refractivity contribution in [2.75, 3.05) is 16.8 Å². The van der Waals surface area contributed by atoms with Crippen molar-refractivity contribution in [3.8, 4) is 5.75 Å². The lowest BCUT2D eigenvalue weighted by atomic mass is 9.95. The van der Waals surface area contributed by atoms with E-state index < -0.39 is 5.41 Å². The molecule has 26 heavy (non-hydrogen) atoms. The number of nitrogens with zero attached hydrogens (tertiary/aromatic N) is 1. The van der Waals surface area contributed by atoms with E-state index >= 15 is 0 Å². The van der Waals surface area contributed by atoms with E-state index in [1.807, 2.05) is 20.8 Å². The van der Waals surface area contributed by atoms with Gasteiger partial charge in [-0.3, -0.25) is 9.59 Å². The second-order valence-corrected chi connectivity index (χ2v) is 7.28. The standard InChI is InChI=1S/C20H21FN2O3/c1-20(2,3)19(25)22-15-8-9-17-16(10-15)23(18(24)12-26-17)11-13-4-6-14(21)7-5-13/h4-10H,11-12H2,1-3H3,(H,22,25). The van der Waals surface area contributed by atoms with Gasteiger partial charge in [-0.15, -0.1) is 0 Å². The molecule has 3 rings (SSSR count). The van der Waals surface area contributed by atoms with Crippen LogP contribution in [0.2, 0.25) is 0 Å². The number of hydrogen-bond donors (Lipinski definition) is 1. The van der Waals surface area contributed by atoms with Crippen LogP contribution in [0.3, 0.4) is 0 Å². The van der Waals surface area contributed by atoms with Gasteiger partial charge in [0.1, 0.15) is 11.6 Å². The van der Waals surface area contributed by atoms with Crippen molar-refractivity contribution >= 4 is 23.2 Å². The summed E-state index contributed by atoms with van der Waals surface area (Å²) in [5.74, 6) is -0.0678. The number of nitrogens with one attached hydrogen (secondary N) is 1. The number of benzene rings is 2. The maximum Gasteiger partial charge on any atom is 0.265 e. The second kappa shape index (κ2) is 6.78. The molecular formula is C20H21FN2O3. The highest BCUT2D eigenvalue weighted by molar-refractivity contribution is 6.00. The quantitative estimate of drug-likeness (QED) is 0.911. The lowest BCUT2D eigenvalue weighted by Crippen LogP contribution is -2.38. The van der Waals surface area contributed by atoms with Crippen molar-refractivity contribution in [3.05, 3.63) is 53.8 Å². The molecule has 1 heterocycles. The third-order valence-electron chi connectivity index (χ3n) is 4.09. The summed E-state index contributed by atoms with van der Waals surface area (Å²) in [6, 6.07) is 11.2. The van der Waals surface area contributed by atoms with Crippen LogP contribution in [-0.4, -0.2) is 18.4 Å². The van der Waals surface area contributed by atoms with Gasteiger partial charge in [0.2, 0.25) is 5.91 Å². The van der Waals surface area contributed by atoms with Gasteiger partial charge < -0.3 is 15.0 Å². The van der Waals surface area contributed by atoms with Crippen LogP contribution >= 0.6 is 0 Å². The molecule has 0 unspecified atom stereocenters. The number of halogens is 1. The van der Waals surface area contributed by atoms with E-state index in [9.17, 15) is 14.0 Å². The lowest BCUT2D eigenvalue weighted by molar-refractivity contribution is -0.123. The first kappa shape index (κ1) is 17.9. The van der Waals surface area contributed by atoms with Crippen LogP contribution in [0.15, 0.2) is 42.5 Å². The fourth-order valence-electron chi connectivity index (χ4n) is 2.54. The summed E-state index contributed by atoms with van der Waals surface area (Å²) in [7, 11) is 0. The largest absolute Gasteiger partial charge is 0.482 e. The fraction of sp³-hybridized carbons (Fsp3) is 0.300. The molecule has 2 aromatic carbocycles. The smallest absolute Gasteiger partial charge is 0.265 e. The summed E-state index contributed by atoms with van der Waals surface area (Å²) in [4.78, 5) is 26.2. The molecular weight excluding hydrogens is 335 g/mol. The molecule has 0 saturated carbocycles. The molecule has 0 aliphatic carbocycles. The van der Waals surface area contributed by atoms with Crippen molar-refractivity contribution in [3.63, 3.8) is 0 Å². The molecule has 136 valence electrons. The van der Waals surface area contributed by atoms with Gasteiger partial charge in [0, 0.05) is 11.1 Å². The number of carbonyl (C=O) groups excluding carboxylic acids is 2. The first-order valence-electron chi connectivity index (χ1n) is 8.37. The zero-order valence-corrected chi connectivity index (χ0v) is 15.0. The Morgan fingerprint density at radius 2 is 1.88 bits per heavy atom. The van der Waals surface area contributed by atoms with Gasteiger partial charge in [-0.2, -0.15) is 0 Å². The normalized spacial score (nSPS) is 13.8. The van der Waals surface area contributed by atoms with E-state index in [0.29, 0.717) is 23.7 Å². The van der Waals surface area contributed by atoms with Gasteiger partial charge in [-0.05, 0) is 35.9 Å². The van der Waals surface area contributed by atoms with Crippen LogP contribution in [0, 0.1) is 11.2 Å². The zero-order valence-electron chi connectivity index (χ0n) is 15.0. The minimum atomic E-state index is -0.532. The van der Waals surface area contributed by atoms with Gasteiger partial charge in [0.05, 0.1) is 12.2 Å². The van der Waals surface area contributed by atoms with Crippen LogP contribution in [0.25, 0.3) is 0 Å². The molecule has 6 heteroatoms. The van der Waals surface area contributed by atoms with E-state index in [0.717, 1.165) is 5.56 Å². The number of rotatable bonds is 3. The van der Waals surface area contributed by atoms with E-state index in [4.69, 9.17) is 4.74 Å². The van der Waals surface area contributed by atoms with Gasteiger partial charge in [0.15, 0.2) is 6.61 Å². The van der Waals surface area contributed by atoms with Gasteiger partial charge in [-0.25, -0.2) is 4.39 Å². The summed E-state index contributed by atoms with van der Waals surface area (Å²) in [6.07, 6.45) is 0. The Morgan fingerprint density at radius 1 is 1.19 bits per heavy atom. The number of amides is 2. The van der Waals surface area contributed by atoms with Crippen LogP contribution in [0.5, 0.6) is 5.75 Å². The Labute approximate surface area is 151 Å². The molecule has 0 bridgehead atoms. The summed E-state index contributed by atoms with van der Waals surface area (Å²) in [5, 5.41) is 2.86. The Kier molecular flexibility index (Phi) is 4.68. The van der Waals surface area contributed by atoms with E-state index in [1.54, 1.807) is 35.2 Å². The summed E-state index contributed by atoms with van der Waals surface area (Å²) < 4.78 is 18.6. The highest BCUT2D eigenvalue weighted by Crippen LogP contribution is 2.36. The molecule has 0 atom stereocenters. The first-order chi connectivity index (χ1) is 12.2. The Hall–Kier alpha value is -2.89. The van der Waals surface area contributed by atoms with Crippen molar-refractivity contribution in [2.24, 2.45) is 5.41 Å². The zero-order chi connectivity index (χ0) is 18.9. The predicted octanol–water partition coefficient (Wildman–Crippen LogP) is 3.74. The van der Waals surface area contributed by atoms with Crippen molar-refractivity contribution < 1.29 is 18.7 Å². The average molecular weight is 356 g/mol. The molecule has 1 aliphatic rings.